The topological polar surface area (TPSA) is 453 Å². The number of aromatic carboxylic acids is 1. The first kappa shape index (κ1) is 99.7. The van der Waals surface area contributed by atoms with E-state index in [2.05, 4.69) is 14.8 Å². The maximum atomic E-state index is 15.1. The van der Waals surface area contributed by atoms with Crippen LogP contribution >= 0.6 is 0 Å². The Morgan fingerprint density at radius 3 is 0.783 bits per heavy atom. The molecule has 0 aromatic heterocycles. The van der Waals surface area contributed by atoms with E-state index in [9.17, 15) is 100 Å². The largest absolute Gasteiger partial charge is 0.478 e. The van der Waals surface area contributed by atoms with Gasteiger partial charge in [-0.2, -0.15) is 15.8 Å². The van der Waals surface area contributed by atoms with Crippen LogP contribution in [-0.4, -0.2) is 181 Å². The monoisotopic (exact) mass is 1710 g/mol. The molecule has 0 spiro atoms. The highest BCUT2D eigenvalue weighted by Crippen LogP contribution is 2.38. The fourth-order valence-electron chi connectivity index (χ4n) is 12.2. The fraction of sp³-hybridized carbons (Fsp3) is 0.423. The van der Waals surface area contributed by atoms with Crippen molar-refractivity contribution >= 4 is 94.7 Å². The molecule has 0 fully saturated rings. The number of halogens is 3. The van der Waals surface area contributed by atoms with Crippen molar-refractivity contribution in [3.05, 3.63) is 174 Å². The number of nitrogens with one attached hydrogen (secondary N) is 4. The number of nitriles is 3. The number of ketones is 3. The van der Waals surface area contributed by atoms with E-state index in [1.165, 1.54) is 60.5 Å². The Morgan fingerprint density at radius 2 is 0.600 bits per heavy atom. The van der Waals surface area contributed by atoms with Gasteiger partial charge >= 0.3 is 5.97 Å². The van der Waals surface area contributed by atoms with Gasteiger partial charge in [-0.05, 0) is 194 Å². The first-order valence-corrected chi connectivity index (χ1v) is 44.8. The lowest BCUT2D eigenvalue weighted by atomic mass is 9.84. The standard InChI is InChI=1S/2C26H32FN3O6S2.C24H27FN2O7S2.C2H7N/c2*1-15(2)20-10-17(13-28)25(27)24(16(3)4)21(20)11-18(31)14-37(33,34)23-9-8-19(38(35,36)29-5)12-22(23)26(32)30(6)7;1-13(2)18-8-15(11-26)23(25)22(14(3)4)19(18)9-16(28)12-35(31,32)21-7-6-17(36(33,34)27-5)10-20(21)24(29)30;1-3-2/h2*8-10,12,15-16,29H,11,14H2,1-7H3;6-8,10,13-14,27H,9,12H2,1-5H3,(H,29,30);3H,1-2H3. The minimum absolute atomic E-state index is 0.148. The van der Waals surface area contributed by atoms with Crippen molar-refractivity contribution in [2.45, 2.75) is 167 Å². The van der Waals surface area contributed by atoms with Gasteiger partial charge in [0.2, 0.25) is 30.1 Å². The summed E-state index contributed by atoms with van der Waals surface area (Å²) in [6.07, 6.45) is -1.24. The number of rotatable bonds is 30. The van der Waals surface area contributed by atoms with E-state index in [1.54, 1.807) is 61.5 Å². The molecule has 2 amide bonds. The number of amides is 2. The molecule has 37 heteroatoms. The summed E-state index contributed by atoms with van der Waals surface area (Å²) >= 11 is 0. The molecule has 0 saturated heterocycles. The Hall–Kier alpha value is -9.46. The van der Waals surface area contributed by atoms with Gasteiger partial charge in [-0.15, -0.1) is 0 Å². The number of hydrogen-bond acceptors (Lipinski definition) is 22. The normalized spacial score (nSPS) is 11.9. The maximum absolute atomic E-state index is 15.1. The number of carboxylic acids is 1. The Labute approximate surface area is 672 Å². The molecule has 0 bridgehead atoms. The molecule has 0 atom stereocenters. The van der Waals surface area contributed by atoms with Gasteiger partial charge in [0.15, 0.2) is 46.9 Å². The Morgan fingerprint density at radius 1 is 0.383 bits per heavy atom. The van der Waals surface area contributed by atoms with Gasteiger partial charge in [0, 0.05) is 47.5 Å². The molecule has 626 valence electrons. The van der Waals surface area contributed by atoms with Gasteiger partial charge in [-0.3, -0.25) is 24.0 Å². The summed E-state index contributed by atoms with van der Waals surface area (Å²) in [4.78, 5) is 75.9. The van der Waals surface area contributed by atoms with Gasteiger partial charge < -0.3 is 20.2 Å². The molecule has 0 heterocycles. The number of Topliss-reactive ketones (excluding diaryl/α,β-unsaturated/α-hetero) is 3. The molecular weight excluding hydrogens is 1620 g/mol. The summed E-state index contributed by atoms with van der Waals surface area (Å²) in [5.41, 5.74) is 1.12. The van der Waals surface area contributed by atoms with E-state index in [-0.39, 0.29) is 72.8 Å². The summed E-state index contributed by atoms with van der Waals surface area (Å²) in [6, 6.07) is 18.0. The van der Waals surface area contributed by atoms with Crippen LogP contribution in [0, 0.1) is 51.4 Å². The van der Waals surface area contributed by atoms with Crippen molar-refractivity contribution < 1.29 is 97.6 Å². The van der Waals surface area contributed by atoms with Gasteiger partial charge in [0.1, 0.15) is 52.9 Å². The highest BCUT2D eigenvalue weighted by Gasteiger charge is 2.35. The number of sulfone groups is 3. The first-order valence-electron chi connectivity index (χ1n) is 35.4. The molecular formula is C78H98F3N9O19S6. The number of benzene rings is 6. The molecule has 0 saturated carbocycles. The smallest absolute Gasteiger partial charge is 0.337 e. The molecule has 0 unspecified atom stereocenters. The van der Waals surface area contributed by atoms with Crippen molar-refractivity contribution in [2.75, 3.05) is 80.7 Å². The van der Waals surface area contributed by atoms with Crippen molar-refractivity contribution in [2.24, 2.45) is 0 Å². The van der Waals surface area contributed by atoms with Gasteiger partial charge in [0.25, 0.3) is 11.8 Å². The fourth-order valence-corrected chi connectivity index (χ4v) is 18.8. The number of hydrogen-bond donors (Lipinski definition) is 5. The molecule has 0 aliphatic carbocycles. The van der Waals surface area contributed by atoms with E-state index in [0.29, 0.717) is 39.4 Å². The number of carbonyl (C=O) groups excluding carboxylic acids is 5. The zero-order valence-corrected chi connectivity index (χ0v) is 72.6. The second-order valence-corrected chi connectivity index (χ2v) is 40.2. The second kappa shape index (κ2) is 40.9. The van der Waals surface area contributed by atoms with Crippen LogP contribution in [0.4, 0.5) is 13.2 Å². The lowest BCUT2D eigenvalue weighted by molar-refractivity contribution is -0.117. The van der Waals surface area contributed by atoms with Crippen LogP contribution in [0.5, 0.6) is 0 Å². The van der Waals surface area contributed by atoms with E-state index < -0.39 is 191 Å². The van der Waals surface area contributed by atoms with Crippen molar-refractivity contribution in [1.29, 1.82) is 15.8 Å². The molecule has 0 radical (unpaired) electrons. The van der Waals surface area contributed by atoms with E-state index >= 15 is 13.2 Å². The average molecular weight is 1720 g/mol. The van der Waals surface area contributed by atoms with Gasteiger partial charge in [-0.25, -0.2) is 82.6 Å². The van der Waals surface area contributed by atoms with Crippen LogP contribution < -0.4 is 19.5 Å². The highest BCUT2D eigenvalue weighted by atomic mass is 32.2. The highest BCUT2D eigenvalue weighted by molar-refractivity contribution is 7.93. The maximum Gasteiger partial charge on any atom is 0.337 e. The van der Waals surface area contributed by atoms with Crippen LogP contribution in [0.15, 0.2) is 102 Å². The predicted molar refractivity (Wildman–Crippen MR) is 426 cm³/mol. The van der Waals surface area contributed by atoms with Crippen LogP contribution in [0.3, 0.4) is 0 Å². The third-order valence-corrected chi connectivity index (χ3v) is 27.0. The molecule has 5 N–H and O–H groups in total. The van der Waals surface area contributed by atoms with Crippen molar-refractivity contribution in [1.82, 2.24) is 29.3 Å². The summed E-state index contributed by atoms with van der Waals surface area (Å²) in [6.45, 7) is 21.1. The van der Waals surface area contributed by atoms with Crippen LogP contribution in [-0.2, 0) is 93.2 Å². The van der Waals surface area contributed by atoms with Crippen LogP contribution in [0.1, 0.15) is 216 Å². The Bertz CT molecular complexity index is 5400. The van der Waals surface area contributed by atoms with Gasteiger partial charge in [-0.1, -0.05) is 83.1 Å². The Balaban J connectivity index is 0.000000439. The summed E-state index contributed by atoms with van der Waals surface area (Å²) < 4.78 is 204. The molecule has 115 heavy (non-hydrogen) atoms. The molecule has 0 aliphatic heterocycles. The van der Waals surface area contributed by atoms with Gasteiger partial charge in [0.05, 0.1) is 62.8 Å². The third-order valence-electron chi connectivity index (χ3n) is 17.6. The lowest BCUT2D eigenvalue weighted by Crippen LogP contribution is -2.27. The molecule has 28 nitrogen and oxygen atoms in total. The van der Waals surface area contributed by atoms with Crippen molar-refractivity contribution in [3.8, 4) is 18.2 Å². The van der Waals surface area contributed by atoms with Crippen LogP contribution in [0.2, 0.25) is 0 Å². The number of carboxylic acid groups (broad SMARTS) is 1. The number of sulfonamides is 3. The SMILES string of the molecule is CNC.CNS(=O)(=O)c1ccc(S(=O)(=O)CC(=O)Cc2c(C(C)C)cc(C#N)c(F)c2C(C)C)c(C(=O)N(C)C)c1.CNS(=O)(=O)c1ccc(S(=O)(=O)CC(=O)Cc2c(C(C)C)cc(C#N)c(F)c2C(C)C)c(C(=O)N(C)C)c1.CNS(=O)(=O)c1ccc(S(=O)(=O)CC(=O)Cc2c(C(C)C)cc(C#N)c(F)c2C(C)C)c(C(=O)O)c1. The first-order chi connectivity index (χ1) is 52.9. The molecule has 0 aliphatic rings. The molecule has 6 aromatic carbocycles. The number of carbonyl (C=O) groups is 6. The van der Waals surface area contributed by atoms with E-state index in [1.807, 2.05) is 58.7 Å². The summed E-state index contributed by atoms with van der Waals surface area (Å²) in [5.74, 6) is -12.5. The predicted octanol–water partition coefficient (Wildman–Crippen LogP) is 9.25. The van der Waals surface area contributed by atoms with Crippen LogP contribution in [0.25, 0.3) is 0 Å². The summed E-state index contributed by atoms with van der Waals surface area (Å²) in [5, 5.41) is 40.3. The zero-order chi connectivity index (χ0) is 88.6. The Kier molecular flexibility index (Phi) is 35.5. The van der Waals surface area contributed by atoms with E-state index in [0.717, 1.165) is 65.4 Å². The van der Waals surface area contributed by atoms with Crippen molar-refractivity contribution in [3.63, 3.8) is 0 Å². The lowest BCUT2D eigenvalue weighted by Gasteiger charge is -2.21. The van der Waals surface area contributed by atoms with E-state index in [4.69, 9.17) is 0 Å². The second-order valence-electron chi connectivity index (χ2n) is 28.6. The minimum Gasteiger partial charge on any atom is -0.478 e. The third kappa shape index (κ3) is 24.6. The zero-order valence-electron chi connectivity index (χ0n) is 67.8. The molecule has 6 rings (SSSR count). The number of nitrogens with zero attached hydrogens (tertiary/aromatic N) is 5. The average Bonchev–Trinajstić information content (AvgIpc) is 0.789. The minimum atomic E-state index is -4.51. The quantitative estimate of drug-likeness (QED) is 0.0280. The summed E-state index contributed by atoms with van der Waals surface area (Å²) in [7, 11) is -12.6. The molecule has 6 aromatic rings.